The molecule has 0 aromatic heterocycles. The molecule has 2 aromatic carbocycles. The first-order chi connectivity index (χ1) is 10.7. The highest BCUT2D eigenvalue weighted by atomic mass is 32.2. The van der Waals surface area contributed by atoms with Gasteiger partial charge in [0.2, 0.25) is 5.91 Å². The summed E-state index contributed by atoms with van der Waals surface area (Å²) >= 11 is 1.54. The third-order valence-corrected chi connectivity index (χ3v) is 4.19. The number of hydrogen-bond acceptors (Lipinski definition) is 3. The Balaban J connectivity index is 1.82. The molecule has 0 aliphatic carbocycles. The van der Waals surface area contributed by atoms with Crippen molar-refractivity contribution < 1.29 is 9.53 Å². The molecule has 1 amide bonds. The number of thioether (sulfide) groups is 1. The lowest BCUT2D eigenvalue weighted by Crippen LogP contribution is -2.28. The molecule has 4 heteroatoms. The molecule has 0 bridgehead atoms. The maximum Gasteiger partial charge on any atom is 0.230 e. The molecule has 3 nitrogen and oxygen atoms in total. The average Bonchev–Trinajstić information content (AvgIpc) is 2.55. The van der Waals surface area contributed by atoms with Crippen LogP contribution < -0.4 is 10.1 Å². The molecule has 0 radical (unpaired) electrons. The molecule has 22 heavy (non-hydrogen) atoms. The Hall–Kier alpha value is -1.94. The minimum Gasteiger partial charge on any atom is -0.494 e. The molecule has 0 unspecified atom stereocenters. The molecule has 0 aliphatic rings. The van der Waals surface area contributed by atoms with Gasteiger partial charge in [0.15, 0.2) is 0 Å². The fourth-order valence-corrected chi connectivity index (χ4v) is 2.78. The third kappa shape index (κ3) is 5.11. The summed E-state index contributed by atoms with van der Waals surface area (Å²) in [4.78, 5) is 13.1. The van der Waals surface area contributed by atoms with Crippen LogP contribution in [-0.4, -0.2) is 18.3 Å². The first-order valence-corrected chi connectivity index (χ1v) is 8.37. The number of amides is 1. The zero-order valence-corrected chi connectivity index (χ0v) is 13.7. The van der Waals surface area contributed by atoms with E-state index in [4.69, 9.17) is 4.74 Å². The van der Waals surface area contributed by atoms with Gasteiger partial charge in [-0.1, -0.05) is 30.3 Å². The highest BCUT2D eigenvalue weighted by Gasteiger charge is 2.10. The second-order valence-electron chi connectivity index (χ2n) is 4.89. The molecule has 116 valence electrons. The van der Waals surface area contributed by atoms with Crippen LogP contribution in [0.4, 0.5) is 0 Å². The van der Waals surface area contributed by atoms with Crippen LogP contribution in [0, 0.1) is 0 Å². The molecule has 0 fully saturated rings. The number of rotatable bonds is 7. The molecule has 2 rings (SSSR count). The van der Waals surface area contributed by atoms with E-state index >= 15 is 0 Å². The van der Waals surface area contributed by atoms with E-state index in [1.54, 1.807) is 11.8 Å². The molecule has 1 atom stereocenters. The van der Waals surface area contributed by atoms with Crippen molar-refractivity contribution in [2.24, 2.45) is 0 Å². The second kappa shape index (κ2) is 8.49. The van der Waals surface area contributed by atoms with Crippen molar-refractivity contribution in [2.45, 2.75) is 24.8 Å². The van der Waals surface area contributed by atoms with Crippen LogP contribution in [0.25, 0.3) is 0 Å². The lowest BCUT2D eigenvalue weighted by molar-refractivity contribution is -0.119. The number of ether oxygens (including phenoxy) is 1. The summed E-state index contributed by atoms with van der Waals surface area (Å²) < 4.78 is 5.42. The number of carbonyl (C=O) groups is 1. The van der Waals surface area contributed by atoms with Gasteiger partial charge in [-0.25, -0.2) is 0 Å². The predicted molar refractivity (Wildman–Crippen MR) is 91.3 cm³/mol. The van der Waals surface area contributed by atoms with Crippen LogP contribution in [0.1, 0.15) is 25.5 Å². The minimum absolute atomic E-state index is 0.0143. The SMILES string of the molecule is CCOc1ccc([C@@H](C)NC(=O)CSc2ccccc2)cc1. The zero-order valence-electron chi connectivity index (χ0n) is 12.9. The van der Waals surface area contributed by atoms with Gasteiger partial charge in [0.05, 0.1) is 18.4 Å². The summed E-state index contributed by atoms with van der Waals surface area (Å²) in [5, 5.41) is 3.02. The van der Waals surface area contributed by atoms with Crippen LogP contribution in [0.15, 0.2) is 59.5 Å². The highest BCUT2D eigenvalue weighted by Crippen LogP contribution is 2.19. The van der Waals surface area contributed by atoms with Crippen LogP contribution in [0.5, 0.6) is 5.75 Å². The summed E-state index contributed by atoms with van der Waals surface area (Å²) in [6.07, 6.45) is 0. The van der Waals surface area contributed by atoms with Gasteiger partial charge in [-0.3, -0.25) is 4.79 Å². The van der Waals surface area contributed by atoms with Gasteiger partial charge in [-0.05, 0) is 43.7 Å². The van der Waals surface area contributed by atoms with Gasteiger partial charge in [-0.15, -0.1) is 11.8 Å². The first kappa shape index (κ1) is 16.4. The zero-order chi connectivity index (χ0) is 15.8. The van der Waals surface area contributed by atoms with E-state index in [0.29, 0.717) is 12.4 Å². The van der Waals surface area contributed by atoms with Crippen molar-refractivity contribution in [3.63, 3.8) is 0 Å². The number of nitrogens with one attached hydrogen (secondary N) is 1. The smallest absolute Gasteiger partial charge is 0.230 e. The Labute approximate surface area is 136 Å². The van der Waals surface area contributed by atoms with E-state index in [2.05, 4.69) is 5.32 Å². The molecular formula is C18H21NO2S. The predicted octanol–water partition coefficient (Wildman–Crippen LogP) is 4.05. The lowest BCUT2D eigenvalue weighted by Gasteiger charge is -2.15. The summed E-state index contributed by atoms with van der Waals surface area (Å²) in [5.41, 5.74) is 1.07. The third-order valence-electron chi connectivity index (χ3n) is 3.18. The van der Waals surface area contributed by atoms with Crippen molar-refractivity contribution in [2.75, 3.05) is 12.4 Å². The van der Waals surface area contributed by atoms with Crippen molar-refractivity contribution in [3.8, 4) is 5.75 Å². The Kier molecular flexibility index (Phi) is 6.34. The Bertz CT molecular complexity index is 584. The minimum atomic E-state index is -0.0143. The van der Waals surface area contributed by atoms with E-state index in [1.807, 2.05) is 68.4 Å². The summed E-state index contributed by atoms with van der Waals surface area (Å²) in [6.45, 7) is 4.60. The van der Waals surface area contributed by atoms with Crippen molar-refractivity contribution in [3.05, 3.63) is 60.2 Å². The fourth-order valence-electron chi connectivity index (χ4n) is 2.05. The molecular weight excluding hydrogens is 294 g/mol. The quantitative estimate of drug-likeness (QED) is 0.783. The van der Waals surface area contributed by atoms with Crippen molar-refractivity contribution >= 4 is 17.7 Å². The first-order valence-electron chi connectivity index (χ1n) is 7.39. The lowest BCUT2D eigenvalue weighted by atomic mass is 10.1. The van der Waals surface area contributed by atoms with E-state index in [-0.39, 0.29) is 11.9 Å². The molecule has 1 N–H and O–H groups in total. The molecule has 0 saturated heterocycles. The maximum absolute atomic E-state index is 12.0. The van der Waals surface area contributed by atoms with Gasteiger partial charge in [-0.2, -0.15) is 0 Å². The van der Waals surface area contributed by atoms with E-state index in [0.717, 1.165) is 16.2 Å². The summed E-state index contributed by atoms with van der Waals surface area (Å²) in [7, 11) is 0. The van der Waals surface area contributed by atoms with Crippen LogP contribution in [0.2, 0.25) is 0 Å². The summed E-state index contributed by atoms with van der Waals surface area (Å²) in [6, 6.07) is 17.8. The Morgan fingerprint density at radius 3 is 2.45 bits per heavy atom. The topological polar surface area (TPSA) is 38.3 Å². The monoisotopic (exact) mass is 315 g/mol. The van der Waals surface area contributed by atoms with Crippen molar-refractivity contribution in [1.82, 2.24) is 5.32 Å². The van der Waals surface area contributed by atoms with E-state index in [1.165, 1.54) is 0 Å². The number of hydrogen-bond donors (Lipinski definition) is 1. The average molecular weight is 315 g/mol. The van der Waals surface area contributed by atoms with Gasteiger partial charge in [0.25, 0.3) is 0 Å². The van der Waals surface area contributed by atoms with E-state index in [9.17, 15) is 4.79 Å². The van der Waals surface area contributed by atoms with Crippen LogP contribution >= 0.6 is 11.8 Å². The molecule has 2 aromatic rings. The largest absolute Gasteiger partial charge is 0.494 e. The van der Waals surface area contributed by atoms with Gasteiger partial charge >= 0.3 is 0 Å². The normalized spacial score (nSPS) is 11.7. The molecule has 0 heterocycles. The van der Waals surface area contributed by atoms with Gasteiger partial charge in [0.1, 0.15) is 5.75 Å². The standard InChI is InChI=1S/C18H21NO2S/c1-3-21-16-11-9-15(10-12-16)14(2)19-18(20)13-22-17-7-5-4-6-8-17/h4-12,14H,3,13H2,1-2H3,(H,19,20)/t14-/m1/s1. The fraction of sp³-hybridized carbons (Fsp3) is 0.278. The van der Waals surface area contributed by atoms with Gasteiger partial charge in [0, 0.05) is 4.90 Å². The maximum atomic E-state index is 12.0. The molecule has 0 spiro atoms. The molecule has 0 aliphatic heterocycles. The number of carbonyl (C=O) groups excluding carboxylic acids is 1. The van der Waals surface area contributed by atoms with Crippen LogP contribution in [-0.2, 0) is 4.79 Å². The Morgan fingerprint density at radius 2 is 1.82 bits per heavy atom. The summed E-state index contributed by atoms with van der Waals surface area (Å²) in [5.74, 6) is 1.31. The van der Waals surface area contributed by atoms with Crippen LogP contribution in [0.3, 0.4) is 0 Å². The second-order valence-corrected chi connectivity index (χ2v) is 5.94. The van der Waals surface area contributed by atoms with Gasteiger partial charge < -0.3 is 10.1 Å². The Morgan fingerprint density at radius 1 is 1.14 bits per heavy atom. The number of benzene rings is 2. The van der Waals surface area contributed by atoms with E-state index < -0.39 is 0 Å². The van der Waals surface area contributed by atoms with Crippen molar-refractivity contribution in [1.29, 1.82) is 0 Å². The highest BCUT2D eigenvalue weighted by molar-refractivity contribution is 8.00. The molecule has 0 saturated carbocycles.